The van der Waals surface area contributed by atoms with Gasteiger partial charge in [-0.2, -0.15) is 0 Å². The van der Waals surface area contributed by atoms with Crippen LogP contribution in [-0.2, 0) is 0 Å². The maximum absolute atomic E-state index is 4.53. The van der Waals surface area contributed by atoms with Crippen LogP contribution in [0.25, 0.3) is 0 Å². The molecule has 2 aliphatic rings. The van der Waals surface area contributed by atoms with Crippen molar-refractivity contribution in [1.29, 1.82) is 0 Å². The number of hydrogen-bond acceptors (Lipinski definition) is 3. The molecule has 1 radical (unpaired) electrons. The molecule has 0 bridgehead atoms. The van der Waals surface area contributed by atoms with Crippen LogP contribution in [0.15, 0.2) is 0 Å². The minimum absolute atomic E-state index is 0.429. The first kappa shape index (κ1) is 7.49. The zero-order valence-corrected chi connectivity index (χ0v) is 6.71. The lowest BCUT2D eigenvalue weighted by Gasteiger charge is -2.30. The minimum Gasteiger partial charge on any atom is -0.312 e. The fraction of sp³-hybridized carbons (Fsp3) is 1.00. The van der Waals surface area contributed by atoms with Gasteiger partial charge in [0.05, 0.1) is 6.17 Å². The van der Waals surface area contributed by atoms with E-state index in [1.165, 1.54) is 0 Å². The van der Waals surface area contributed by atoms with Crippen molar-refractivity contribution in [1.82, 2.24) is 20.9 Å². The van der Waals surface area contributed by atoms with Gasteiger partial charge in [0, 0.05) is 39.4 Å². The van der Waals surface area contributed by atoms with Crippen LogP contribution in [0, 0.1) is 0 Å². The fourth-order valence-electron chi connectivity index (χ4n) is 1.61. The largest absolute Gasteiger partial charge is 0.312 e. The van der Waals surface area contributed by atoms with Crippen LogP contribution in [0.1, 0.15) is 0 Å². The quantitative estimate of drug-likeness (QED) is 0.478. The fourth-order valence-corrected chi connectivity index (χ4v) is 1.61. The van der Waals surface area contributed by atoms with Crippen LogP contribution in [-0.4, -0.2) is 50.5 Å². The second kappa shape index (κ2) is 3.49. The van der Waals surface area contributed by atoms with Crippen molar-refractivity contribution in [2.45, 2.75) is 6.17 Å². The van der Waals surface area contributed by atoms with E-state index in [-0.39, 0.29) is 0 Å². The summed E-state index contributed by atoms with van der Waals surface area (Å²) in [7, 11) is 0. The lowest BCUT2D eigenvalue weighted by atomic mass is 10.3. The Balaban J connectivity index is 1.82. The molecule has 2 saturated heterocycles. The van der Waals surface area contributed by atoms with E-state index in [4.69, 9.17) is 0 Å². The molecule has 63 valence electrons. The van der Waals surface area contributed by atoms with E-state index in [1.807, 2.05) is 0 Å². The normalized spacial score (nSPS) is 34.4. The molecule has 2 N–H and O–H groups in total. The van der Waals surface area contributed by atoms with E-state index in [0.29, 0.717) is 6.17 Å². The molecule has 0 aliphatic carbocycles. The summed E-state index contributed by atoms with van der Waals surface area (Å²) in [6, 6.07) is 0. The maximum Gasteiger partial charge on any atom is 0.0898 e. The topological polar surface area (TPSA) is 41.4 Å². The van der Waals surface area contributed by atoms with Crippen LogP contribution in [0.4, 0.5) is 0 Å². The second-order valence-corrected chi connectivity index (χ2v) is 3.06. The number of nitrogens with one attached hydrogen (secondary N) is 2. The highest BCUT2D eigenvalue weighted by atomic mass is 15.4. The summed E-state index contributed by atoms with van der Waals surface area (Å²) in [5.41, 5.74) is 0. The van der Waals surface area contributed by atoms with E-state index in [9.17, 15) is 0 Å². The highest BCUT2D eigenvalue weighted by molar-refractivity contribution is 4.79. The van der Waals surface area contributed by atoms with E-state index < -0.39 is 0 Å². The number of nitrogens with zero attached hydrogens (tertiary/aromatic N) is 2. The molecule has 0 aromatic rings. The summed E-state index contributed by atoms with van der Waals surface area (Å²) in [4.78, 5) is 2.38. The van der Waals surface area contributed by atoms with Gasteiger partial charge in [0.25, 0.3) is 0 Å². The Bertz CT molecular complexity index is 116. The van der Waals surface area contributed by atoms with Gasteiger partial charge in [-0.25, -0.2) is 5.32 Å². The Hall–Kier alpha value is -0.160. The van der Waals surface area contributed by atoms with Crippen molar-refractivity contribution in [2.24, 2.45) is 0 Å². The predicted octanol–water partition coefficient (Wildman–Crippen LogP) is -1.62. The minimum atomic E-state index is 0.429. The maximum atomic E-state index is 4.53. The Morgan fingerprint density at radius 1 is 1.27 bits per heavy atom. The zero-order chi connectivity index (χ0) is 7.52. The highest BCUT2D eigenvalue weighted by Gasteiger charge is 2.23. The van der Waals surface area contributed by atoms with E-state index in [1.54, 1.807) is 0 Å². The van der Waals surface area contributed by atoms with Crippen LogP contribution in [0.2, 0.25) is 0 Å². The van der Waals surface area contributed by atoms with Crippen molar-refractivity contribution in [3.05, 3.63) is 0 Å². The third-order valence-corrected chi connectivity index (χ3v) is 2.27. The summed E-state index contributed by atoms with van der Waals surface area (Å²) in [5, 5.41) is 11.2. The average Bonchev–Trinajstić information content (AvgIpc) is 2.58. The molecule has 2 fully saturated rings. The number of piperazine rings is 1. The summed E-state index contributed by atoms with van der Waals surface area (Å²) < 4.78 is 0. The standard InChI is InChI=1S/C7H15N4/c1-2-10-7(5-8-1)11-4-3-9-6-11/h7-9H,1-6H2. The zero-order valence-electron chi connectivity index (χ0n) is 6.71. The Morgan fingerprint density at radius 2 is 2.27 bits per heavy atom. The molecule has 1 unspecified atom stereocenters. The lowest BCUT2D eigenvalue weighted by molar-refractivity contribution is 0.175. The molecule has 2 rings (SSSR count). The highest BCUT2D eigenvalue weighted by Crippen LogP contribution is 2.00. The monoisotopic (exact) mass is 155 g/mol. The van der Waals surface area contributed by atoms with Gasteiger partial charge in [-0.3, -0.25) is 4.90 Å². The molecule has 1 atom stereocenters. The first-order chi connectivity index (χ1) is 5.47. The smallest absolute Gasteiger partial charge is 0.0898 e. The average molecular weight is 155 g/mol. The molecule has 0 aromatic heterocycles. The van der Waals surface area contributed by atoms with E-state index >= 15 is 0 Å². The van der Waals surface area contributed by atoms with Gasteiger partial charge >= 0.3 is 0 Å². The molecule has 2 heterocycles. The van der Waals surface area contributed by atoms with Crippen LogP contribution >= 0.6 is 0 Å². The number of hydrogen-bond donors (Lipinski definition) is 2. The van der Waals surface area contributed by atoms with Crippen LogP contribution in [0.3, 0.4) is 0 Å². The summed E-state index contributed by atoms with van der Waals surface area (Å²) in [6.07, 6.45) is 0.429. The van der Waals surface area contributed by atoms with Crippen molar-refractivity contribution >= 4 is 0 Å². The third-order valence-electron chi connectivity index (χ3n) is 2.27. The number of rotatable bonds is 1. The van der Waals surface area contributed by atoms with Crippen LogP contribution in [0.5, 0.6) is 0 Å². The van der Waals surface area contributed by atoms with Gasteiger partial charge in [0.1, 0.15) is 0 Å². The van der Waals surface area contributed by atoms with Gasteiger partial charge < -0.3 is 10.6 Å². The molecule has 4 nitrogen and oxygen atoms in total. The molecule has 11 heavy (non-hydrogen) atoms. The van der Waals surface area contributed by atoms with Gasteiger partial charge in [-0.1, -0.05) is 0 Å². The SMILES string of the molecule is C1CNCC(N2CCNC2)[N]1. The molecular weight excluding hydrogens is 140 g/mol. The summed E-state index contributed by atoms with van der Waals surface area (Å²) in [5.74, 6) is 0. The summed E-state index contributed by atoms with van der Waals surface area (Å²) in [6.45, 7) is 6.33. The van der Waals surface area contributed by atoms with Gasteiger partial charge in [-0.15, -0.1) is 0 Å². The molecule has 0 amide bonds. The molecule has 0 saturated carbocycles. The van der Waals surface area contributed by atoms with Gasteiger partial charge in [0.15, 0.2) is 0 Å². The summed E-state index contributed by atoms with van der Waals surface area (Å²) >= 11 is 0. The predicted molar refractivity (Wildman–Crippen MR) is 43.2 cm³/mol. The molecule has 4 heteroatoms. The van der Waals surface area contributed by atoms with E-state index in [2.05, 4.69) is 20.9 Å². The van der Waals surface area contributed by atoms with Crippen molar-refractivity contribution in [2.75, 3.05) is 39.4 Å². The van der Waals surface area contributed by atoms with Gasteiger partial charge in [-0.05, 0) is 0 Å². The van der Waals surface area contributed by atoms with Crippen molar-refractivity contribution < 1.29 is 0 Å². The van der Waals surface area contributed by atoms with Crippen molar-refractivity contribution in [3.63, 3.8) is 0 Å². The molecule has 2 aliphatic heterocycles. The molecule has 0 spiro atoms. The Kier molecular flexibility index (Phi) is 2.38. The Labute approximate surface area is 67.3 Å². The molecule has 0 aromatic carbocycles. The van der Waals surface area contributed by atoms with Crippen LogP contribution < -0.4 is 16.0 Å². The van der Waals surface area contributed by atoms with E-state index in [0.717, 1.165) is 39.4 Å². The third kappa shape index (κ3) is 1.70. The molecular formula is C7H15N4. The second-order valence-electron chi connectivity index (χ2n) is 3.06. The first-order valence-corrected chi connectivity index (χ1v) is 4.29. The first-order valence-electron chi connectivity index (χ1n) is 4.29. The lowest BCUT2D eigenvalue weighted by Crippen LogP contribution is -2.53. The van der Waals surface area contributed by atoms with Gasteiger partial charge in [0.2, 0.25) is 0 Å². The Morgan fingerprint density at radius 3 is 2.91 bits per heavy atom. The van der Waals surface area contributed by atoms with Crippen molar-refractivity contribution in [3.8, 4) is 0 Å².